The van der Waals surface area contributed by atoms with Crippen LogP contribution in [0.3, 0.4) is 0 Å². The Kier molecular flexibility index (Phi) is 7.38. The van der Waals surface area contributed by atoms with E-state index in [9.17, 15) is 22.8 Å². The van der Waals surface area contributed by atoms with Gasteiger partial charge in [0.15, 0.2) is 0 Å². The molecule has 35 heavy (non-hydrogen) atoms. The highest BCUT2D eigenvalue weighted by Crippen LogP contribution is 2.42. The van der Waals surface area contributed by atoms with Crippen molar-refractivity contribution in [3.05, 3.63) is 58.8 Å². The molecule has 1 amide bonds. The molecule has 0 saturated carbocycles. The van der Waals surface area contributed by atoms with Gasteiger partial charge in [0.2, 0.25) is 5.91 Å². The lowest BCUT2D eigenvalue weighted by Crippen LogP contribution is -2.49. The first-order valence-corrected chi connectivity index (χ1v) is 12.0. The van der Waals surface area contributed by atoms with E-state index >= 15 is 0 Å². The van der Waals surface area contributed by atoms with Crippen LogP contribution in [0.5, 0.6) is 0 Å². The number of allylic oxidation sites excluding steroid dienone is 1. The van der Waals surface area contributed by atoms with Crippen LogP contribution in [0.2, 0.25) is 0 Å². The summed E-state index contributed by atoms with van der Waals surface area (Å²) in [4.78, 5) is 31.9. The number of amides is 1. The molecule has 1 aromatic rings. The van der Waals surface area contributed by atoms with Gasteiger partial charge in [0.25, 0.3) is 0 Å². The summed E-state index contributed by atoms with van der Waals surface area (Å²) in [7, 11) is 1.36. The molecule has 1 fully saturated rings. The van der Waals surface area contributed by atoms with Crippen molar-refractivity contribution in [3.63, 3.8) is 0 Å². The topological polar surface area (TPSA) is 53.1 Å². The predicted molar refractivity (Wildman–Crippen MR) is 125 cm³/mol. The SMILES string of the molecule is COC(=O)C1=CN(C(C)C)C(=O)[C@@H]2C(CN3CCN(Cc4ccc(C(F)(F)F)cc4)CC3)=CC[C@H]12. The number of esters is 1. The van der Waals surface area contributed by atoms with Crippen LogP contribution in [0, 0.1) is 11.8 Å². The van der Waals surface area contributed by atoms with Crippen molar-refractivity contribution in [2.24, 2.45) is 11.8 Å². The zero-order valence-electron chi connectivity index (χ0n) is 20.3. The van der Waals surface area contributed by atoms with Crippen molar-refractivity contribution < 1.29 is 27.5 Å². The van der Waals surface area contributed by atoms with Crippen LogP contribution in [-0.4, -0.2) is 72.5 Å². The number of methoxy groups -OCH3 is 1. The Morgan fingerprint density at radius 2 is 1.66 bits per heavy atom. The van der Waals surface area contributed by atoms with Gasteiger partial charge in [-0.15, -0.1) is 0 Å². The molecule has 0 aromatic heterocycles. The standard InChI is InChI=1S/C26H32F3N3O3/c1-17(2)32-16-22(25(34)35-3)21-9-6-19(23(21)24(32)33)15-31-12-10-30(11-13-31)14-18-4-7-20(8-5-18)26(27,28)29/h4-8,16-17,21,23H,9-15H2,1-3H3/t21-,23-/m1/s1. The predicted octanol–water partition coefficient (Wildman–Crippen LogP) is 3.69. The summed E-state index contributed by atoms with van der Waals surface area (Å²) >= 11 is 0. The number of hydrogen-bond acceptors (Lipinski definition) is 5. The summed E-state index contributed by atoms with van der Waals surface area (Å²) in [6, 6.07) is 5.29. The van der Waals surface area contributed by atoms with Gasteiger partial charge in [-0.25, -0.2) is 4.79 Å². The smallest absolute Gasteiger partial charge is 0.416 e. The molecule has 9 heteroatoms. The van der Waals surface area contributed by atoms with E-state index < -0.39 is 11.7 Å². The van der Waals surface area contributed by atoms with E-state index in [2.05, 4.69) is 15.9 Å². The molecule has 1 aliphatic carbocycles. The minimum Gasteiger partial charge on any atom is -0.466 e. The summed E-state index contributed by atoms with van der Waals surface area (Å²) in [6.45, 7) is 8.32. The highest BCUT2D eigenvalue weighted by molar-refractivity contribution is 5.95. The molecule has 2 heterocycles. The highest BCUT2D eigenvalue weighted by Gasteiger charge is 2.45. The van der Waals surface area contributed by atoms with Crippen LogP contribution in [0.4, 0.5) is 13.2 Å². The molecular weight excluding hydrogens is 459 g/mol. The number of alkyl halides is 3. The van der Waals surface area contributed by atoms with Gasteiger partial charge in [0.05, 0.1) is 24.2 Å². The van der Waals surface area contributed by atoms with Crippen molar-refractivity contribution in [2.45, 2.75) is 39.0 Å². The van der Waals surface area contributed by atoms with Gasteiger partial charge < -0.3 is 9.64 Å². The van der Waals surface area contributed by atoms with Crippen LogP contribution in [-0.2, 0) is 27.0 Å². The Morgan fingerprint density at radius 3 is 2.20 bits per heavy atom. The van der Waals surface area contributed by atoms with E-state index in [4.69, 9.17) is 4.74 Å². The molecule has 2 aliphatic heterocycles. The number of fused-ring (bicyclic) bond motifs is 1. The first-order valence-electron chi connectivity index (χ1n) is 12.0. The Bertz CT molecular complexity index is 1010. The Hall–Kier alpha value is -2.65. The maximum Gasteiger partial charge on any atom is 0.416 e. The van der Waals surface area contributed by atoms with Crippen LogP contribution in [0.1, 0.15) is 31.4 Å². The molecule has 0 radical (unpaired) electrons. The molecule has 4 rings (SSSR count). The van der Waals surface area contributed by atoms with Crippen LogP contribution >= 0.6 is 0 Å². The first-order chi connectivity index (χ1) is 16.6. The summed E-state index contributed by atoms with van der Waals surface area (Å²) in [5, 5.41) is 0. The van der Waals surface area contributed by atoms with E-state index in [0.29, 0.717) is 25.1 Å². The molecule has 1 aromatic carbocycles. The fourth-order valence-electron chi connectivity index (χ4n) is 5.22. The van der Waals surface area contributed by atoms with Crippen molar-refractivity contribution in [1.82, 2.24) is 14.7 Å². The van der Waals surface area contributed by atoms with Crippen molar-refractivity contribution >= 4 is 11.9 Å². The second-order valence-corrected chi connectivity index (χ2v) is 9.76. The maximum atomic E-state index is 13.3. The number of halogens is 3. The lowest BCUT2D eigenvalue weighted by atomic mass is 9.81. The van der Waals surface area contributed by atoms with Gasteiger partial charge in [-0.05, 0) is 43.5 Å². The van der Waals surface area contributed by atoms with E-state index in [-0.39, 0.29) is 29.8 Å². The Labute approximate surface area is 204 Å². The number of ether oxygens (including phenoxy) is 1. The van der Waals surface area contributed by atoms with Gasteiger partial charge in [-0.2, -0.15) is 13.2 Å². The van der Waals surface area contributed by atoms with Crippen LogP contribution in [0.25, 0.3) is 0 Å². The lowest BCUT2D eigenvalue weighted by Gasteiger charge is -2.38. The average Bonchev–Trinajstić information content (AvgIpc) is 3.24. The van der Waals surface area contributed by atoms with E-state index in [1.807, 2.05) is 13.8 Å². The number of nitrogens with zero attached hydrogens (tertiary/aromatic N) is 3. The largest absolute Gasteiger partial charge is 0.466 e. The fourth-order valence-corrected chi connectivity index (χ4v) is 5.22. The molecule has 0 N–H and O–H groups in total. The van der Waals surface area contributed by atoms with Crippen LogP contribution < -0.4 is 0 Å². The van der Waals surface area contributed by atoms with Gasteiger partial charge in [0.1, 0.15) is 0 Å². The summed E-state index contributed by atoms with van der Waals surface area (Å²) in [6.07, 6.45) is 0.0864. The molecule has 1 saturated heterocycles. The third-order valence-corrected chi connectivity index (χ3v) is 7.17. The van der Waals surface area contributed by atoms with Crippen LogP contribution in [0.15, 0.2) is 47.7 Å². The van der Waals surface area contributed by atoms with Gasteiger partial charge >= 0.3 is 12.1 Å². The number of benzene rings is 1. The molecule has 3 aliphatic rings. The molecule has 190 valence electrons. The summed E-state index contributed by atoms with van der Waals surface area (Å²) in [5.41, 5.74) is 1.83. The molecule has 0 unspecified atom stereocenters. The first kappa shape index (κ1) is 25.4. The molecule has 0 bridgehead atoms. The Morgan fingerprint density at radius 1 is 1.06 bits per heavy atom. The number of rotatable bonds is 6. The lowest BCUT2D eigenvalue weighted by molar-refractivity contribution is -0.140. The monoisotopic (exact) mass is 491 g/mol. The zero-order chi connectivity index (χ0) is 25.3. The maximum absolute atomic E-state index is 13.3. The minimum atomic E-state index is -4.32. The molecular formula is C26H32F3N3O3. The second-order valence-electron chi connectivity index (χ2n) is 9.76. The number of carbonyl (C=O) groups is 2. The van der Waals surface area contributed by atoms with E-state index in [1.165, 1.54) is 7.11 Å². The van der Waals surface area contributed by atoms with Gasteiger partial charge in [0, 0.05) is 57.4 Å². The summed E-state index contributed by atoms with van der Waals surface area (Å²) < 4.78 is 43.3. The van der Waals surface area contributed by atoms with E-state index in [1.54, 1.807) is 23.2 Å². The normalized spacial score (nSPS) is 23.9. The summed E-state index contributed by atoms with van der Waals surface area (Å²) in [5.74, 6) is -0.880. The number of piperazine rings is 1. The van der Waals surface area contributed by atoms with Crippen molar-refractivity contribution in [1.29, 1.82) is 0 Å². The van der Waals surface area contributed by atoms with E-state index in [0.717, 1.165) is 49.4 Å². The highest BCUT2D eigenvalue weighted by atomic mass is 19.4. The zero-order valence-corrected chi connectivity index (χ0v) is 20.3. The minimum absolute atomic E-state index is 0.0299. The molecule has 0 spiro atoms. The fraction of sp³-hybridized carbons (Fsp3) is 0.538. The molecule has 2 atom stereocenters. The second kappa shape index (κ2) is 10.1. The van der Waals surface area contributed by atoms with Gasteiger partial charge in [-0.3, -0.25) is 14.6 Å². The quantitative estimate of drug-likeness (QED) is 0.449. The van der Waals surface area contributed by atoms with Crippen molar-refractivity contribution in [3.8, 4) is 0 Å². The van der Waals surface area contributed by atoms with Crippen molar-refractivity contribution in [2.75, 3.05) is 39.8 Å². The van der Waals surface area contributed by atoms with Gasteiger partial charge in [-0.1, -0.05) is 18.2 Å². The Balaban J connectivity index is 1.35. The third-order valence-electron chi connectivity index (χ3n) is 7.17. The molecule has 6 nitrogen and oxygen atoms in total. The number of hydrogen-bond donors (Lipinski definition) is 0. The average molecular weight is 492 g/mol. The number of carbonyl (C=O) groups excluding carboxylic acids is 2. The third kappa shape index (κ3) is 5.46.